The van der Waals surface area contributed by atoms with Gasteiger partial charge >= 0.3 is 0 Å². The average Bonchev–Trinajstić information content (AvgIpc) is 2.38. The van der Waals surface area contributed by atoms with Crippen molar-refractivity contribution in [3.8, 4) is 0 Å². The number of hydrogen-bond acceptors (Lipinski definition) is 2. The van der Waals surface area contributed by atoms with Gasteiger partial charge in [-0.3, -0.25) is 4.79 Å². The maximum atomic E-state index is 12.2. The third-order valence-corrected chi connectivity index (χ3v) is 4.02. The number of ether oxygens (including phenoxy) is 1. The van der Waals surface area contributed by atoms with E-state index >= 15 is 0 Å². The van der Waals surface area contributed by atoms with Crippen molar-refractivity contribution in [1.82, 2.24) is 5.32 Å². The zero-order valence-electron chi connectivity index (χ0n) is 13.3. The number of amides is 1. The lowest BCUT2D eigenvalue weighted by Crippen LogP contribution is -2.30. The molecule has 1 rings (SSSR count). The predicted octanol–water partition coefficient (Wildman–Crippen LogP) is 4.57. The summed E-state index contributed by atoms with van der Waals surface area (Å²) in [7, 11) is 0. The van der Waals surface area contributed by atoms with Crippen molar-refractivity contribution in [2.24, 2.45) is 5.92 Å². The van der Waals surface area contributed by atoms with Crippen LogP contribution in [0.1, 0.15) is 84.5 Å². The first-order valence-corrected chi connectivity index (χ1v) is 8.47. The molecule has 0 aromatic heterocycles. The molecule has 0 saturated heterocycles. The van der Waals surface area contributed by atoms with E-state index in [0.717, 1.165) is 12.8 Å². The normalized spacial score (nSPS) is 20.1. The molecule has 0 aromatic rings. The summed E-state index contributed by atoms with van der Waals surface area (Å²) in [5, 5.41) is 2.81. The monoisotopic (exact) mass is 282 g/mol. The minimum atomic E-state index is 0.117. The topological polar surface area (TPSA) is 38.3 Å². The Labute approximate surface area is 124 Å². The third kappa shape index (κ3) is 8.57. The molecule has 117 valence electrons. The van der Waals surface area contributed by atoms with Crippen LogP contribution in [0.4, 0.5) is 0 Å². The Hall–Kier alpha value is -0.570. The minimum absolute atomic E-state index is 0.117. The highest BCUT2D eigenvalue weighted by atomic mass is 16.5. The van der Waals surface area contributed by atoms with Gasteiger partial charge in [0.15, 0.2) is 6.73 Å². The molecule has 1 fully saturated rings. The second-order valence-electron chi connectivity index (χ2n) is 6.27. The van der Waals surface area contributed by atoms with Crippen LogP contribution in [0.2, 0.25) is 0 Å². The van der Waals surface area contributed by atoms with Crippen LogP contribution in [-0.4, -0.2) is 12.0 Å². The number of hydrogen-bond donors (Lipinski definition) is 1. The van der Waals surface area contributed by atoms with Gasteiger partial charge in [0.25, 0.3) is 0 Å². The SMILES string of the molecule is CC(C)O[CH]NC(=O)C1CCCCCCCCCCC1. The molecule has 20 heavy (non-hydrogen) atoms. The van der Waals surface area contributed by atoms with Gasteiger partial charge in [-0.1, -0.05) is 57.8 Å². The van der Waals surface area contributed by atoms with E-state index in [0.29, 0.717) is 0 Å². The van der Waals surface area contributed by atoms with Crippen molar-refractivity contribution in [1.29, 1.82) is 0 Å². The number of rotatable bonds is 4. The van der Waals surface area contributed by atoms with Crippen LogP contribution in [0.3, 0.4) is 0 Å². The highest BCUT2D eigenvalue weighted by Crippen LogP contribution is 2.21. The van der Waals surface area contributed by atoms with Crippen molar-refractivity contribution >= 4 is 5.91 Å². The molecule has 0 unspecified atom stereocenters. The Morgan fingerprint density at radius 1 is 0.950 bits per heavy atom. The Morgan fingerprint density at radius 2 is 1.40 bits per heavy atom. The molecule has 0 heterocycles. The molecule has 1 aliphatic carbocycles. The van der Waals surface area contributed by atoms with Gasteiger partial charge in [-0.25, -0.2) is 0 Å². The summed E-state index contributed by atoms with van der Waals surface area (Å²) >= 11 is 0. The minimum Gasteiger partial charge on any atom is -0.351 e. The van der Waals surface area contributed by atoms with E-state index in [1.807, 2.05) is 13.8 Å². The lowest BCUT2D eigenvalue weighted by atomic mass is 9.92. The fourth-order valence-corrected chi connectivity index (χ4v) is 2.77. The van der Waals surface area contributed by atoms with E-state index in [1.54, 1.807) is 0 Å². The summed E-state index contributed by atoms with van der Waals surface area (Å²) in [5.74, 6) is 0.309. The van der Waals surface area contributed by atoms with E-state index < -0.39 is 0 Å². The van der Waals surface area contributed by atoms with Crippen LogP contribution in [0, 0.1) is 12.6 Å². The standard InChI is InChI=1S/C17H32NO2/c1-15(2)20-14-18-17(19)16-12-10-8-6-4-3-5-7-9-11-13-16/h14-16H,3-13H2,1-2H3,(H,18,19). The van der Waals surface area contributed by atoms with Gasteiger partial charge in [-0.2, -0.15) is 0 Å². The van der Waals surface area contributed by atoms with E-state index in [-0.39, 0.29) is 17.9 Å². The second-order valence-corrected chi connectivity index (χ2v) is 6.27. The maximum absolute atomic E-state index is 12.2. The van der Waals surface area contributed by atoms with Crippen LogP contribution >= 0.6 is 0 Å². The zero-order valence-corrected chi connectivity index (χ0v) is 13.3. The molecule has 1 radical (unpaired) electrons. The van der Waals surface area contributed by atoms with Crippen LogP contribution < -0.4 is 5.32 Å². The Balaban J connectivity index is 2.31. The summed E-state index contributed by atoms with van der Waals surface area (Å²) in [6.45, 7) is 5.38. The summed E-state index contributed by atoms with van der Waals surface area (Å²) < 4.78 is 5.28. The first-order valence-electron chi connectivity index (χ1n) is 8.47. The molecule has 3 heteroatoms. The van der Waals surface area contributed by atoms with Crippen molar-refractivity contribution < 1.29 is 9.53 Å². The Kier molecular flexibility index (Phi) is 9.73. The quantitative estimate of drug-likeness (QED) is 0.820. The van der Waals surface area contributed by atoms with Crippen LogP contribution in [0.25, 0.3) is 0 Å². The summed E-state index contributed by atoms with van der Waals surface area (Å²) in [6, 6.07) is 0. The molecule has 3 nitrogen and oxygen atoms in total. The molecule has 0 bridgehead atoms. The van der Waals surface area contributed by atoms with E-state index in [1.165, 1.54) is 64.5 Å². The van der Waals surface area contributed by atoms with E-state index in [9.17, 15) is 4.79 Å². The largest absolute Gasteiger partial charge is 0.351 e. The maximum Gasteiger partial charge on any atom is 0.225 e. The zero-order chi connectivity index (χ0) is 14.6. The summed E-state index contributed by atoms with van der Waals surface area (Å²) in [6.07, 6.45) is 13.9. The van der Waals surface area contributed by atoms with Gasteiger partial charge in [0.1, 0.15) is 0 Å². The fourth-order valence-electron chi connectivity index (χ4n) is 2.77. The van der Waals surface area contributed by atoms with Crippen molar-refractivity contribution in [3.05, 3.63) is 6.73 Å². The van der Waals surface area contributed by atoms with Gasteiger partial charge < -0.3 is 10.1 Å². The Morgan fingerprint density at radius 3 is 1.85 bits per heavy atom. The molecule has 0 aromatic carbocycles. The molecule has 0 atom stereocenters. The van der Waals surface area contributed by atoms with Crippen molar-refractivity contribution in [2.45, 2.75) is 90.6 Å². The summed E-state index contributed by atoms with van der Waals surface area (Å²) in [5.41, 5.74) is 0. The van der Waals surface area contributed by atoms with Crippen LogP contribution in [0.15, 0.2) is 0 Å². The lowest BCUT2D eigenvalue weighted by molar-refractivity contribution is -0.126. The van der Waals surface area contributed by atoms with E-state index in [2.05, 4.69) is 5.32 Å². The van der Waals surface area contributed by atoms with Crippen molar-refractivity contribution in [3.63, 3.8) is 0 Å². The van der Waals surface area contributed by atoms with Gasteiger partial charge in [0.2, 0.25) is 5.91 Å². The van der Waals surface area contributed by atoms with Gasteiger partial charge in [0, 0.05) is 5.92 Å². The van der Waals surface area contributed by atoms with Gasteiger partial charge in [-0.05, 0) is 26.7 Å². The predicted molar refractivity (Wildman–Crippen MR) is 82.9 cm³/mol. The molecular formula is C17H32NO2. The first kappa shape index (κ1) is 17.5. The van der Waals surface area contributed by atoms with Gasteiger partial charge in [-0.15, -0.1) is 0 Å². The molecule has 0 spiro atoms. The summed E-state index contributed by atoms with van der Waals surface area (Å²) in [4.78, 5) is 12.2. The second kappa shape index (κ2) is 11.1. The lowest BCUT2D eigenvalue weighted by Gasteiger charge is -2.18. The highest BCUT2D eigenvalue weighted by Gasteiger charge is 2.18. The number of nitrogens with one attached hydrogen (secondary N) is 1. The smallest absolute Gasteiger partial charge is 0.225 e. The van der Waals surface area contributed by atoms with E-state index in [4.69, 9.17) is 4.74 Å². The number of carbonyl (C=O) groups is 1. The highest BCUT2D eigenvalue weighted by molar-refractivity contribution is 5.78. The molecule has 1 N–H and O–H groups in total. The number of carbonyl (C=O) groups excluding carboxylic acids is 1. The molecule has 1 amide bonds. The van der Waals surface area contributed by atoms with Crippen molar-refractivity contribution in [2.75, 3.05) is 0 Å². The fraction of sp³-hybridized carbons (Fsp3) is 0.882. The Bertz CT molecular complexity index is 241. The molecule has 1 saturated carbocycles. The van der Waals surface area contributed by atoms with Gasteiger partial charge in [0.05, 0.1) is 6.10 Å². The molecule has 1 aliphatic rings. The van der Waals surface area contributed by atoms with Crippen LogP contribution in [-0.2, 0) is 9.53 Å². The average molecular weight is 282 g/mol. The molecular weight excluding hydrogens is 250 g/mol. The first-order chi connectivity index (χ1) is 9.70. The van der Waals surface area contributed by atoms with Crippen LogP contribution in [0.5, 0.6) is 0 Å². The third-order valence-electron chi connectivity index (χ3n) is 4.02. The molecule has 0 aliphatic heterocycles.